The van der Waals surface area contributed by atoms with Gasteiger partial charge < -0.3 is 9.64 Å². The van der Waals surface area contributed by atoms with Crippen LogP contribution in [0.4, 0.5) is 0 Å². The fraction of sp³-hybridized carbons (Fsp3) is 0.900. The molecule has 1 saturated heterocycles. The number of carbonyl (C=O) groups is 1. The van der Waals surface area contributed by atoms with E-state index in [2.05, 4.69) is 6.92 Å². The average Bonchev–Trinajstić information content (AvgIpc) is 2.26. The van der Waals surface area contributed by atoms with Crippen LogP contribution in [0.1, 0.15) is 26.2 Å². The van der Waals surface area contributed by atoms with E-state index in [1.54, 1.807) is 4.90 Å². The molecule has 1 atom stereocenters. The van der Waals surface area contributed by atoms with Gasteiger partial charge in [-0.1, -0.05) is 19.8 Å². The molecule has 1 fully saturated rings. The van der Waals surface area contributed by atoms with Crippen molar-refractivity contribution in [1.29, 1.82) is 0 Å². The minimum absolute atomic E-state index is 0.0262. The molecule has 4 heteroatoms. The van der Waals surface area contributed by atoms with Crippen LogP contribution in [-0.4, -0.2) is 43.2 Å². The quantitative estimate of drug-likeness (QED) is 0.668. The van der Waals surface area contributed by atoms with Gasteiger partial charge >= 0.3 is 0 Å². The Bertz CT molecular complexity index is 179. The van der Waals surface area contributed by atoms with E-state index in [9.17, 15) is 4.79 Å². The van der Waals surface area contributed by atoms with Crippen molar-refractivity contribution in [2.24, 2.45) is 0 Å². The molecule has 1 heterocycles. The summed E-state index contributed by atoms with van der Waals surface area (Å²) in [5.74, 6) is -0.0262. The van der Waals surface area contributed by atoms with Gasteiger partial charge in [-0.15, -0.1) is 0 Å². The molecule has 1 rings (SSSR count). The summed E-state index contributed by atoms with van der Waals surface area (Å²) < 4.78 is 5.16. The predicted octanol–water partition coefficient (Wildman–Crippen LogP) is 0.687. The van der Waals surface area contributed by atoms with Crippen LogP contribution >= 0.6 is 0 Å². The summed E-state index contributed by atoms with van der Waals surface area (Å²) in [6, 6.07) is -0.562. The number of carbonyl (C=O) groups excluding carboxylic acids is 1. The molecule has 0 bridgehead atoms. The lowest BCUT2D eigenvalue weighted by molar-refractivity contribution is -0.137. The summed E-state index contributed by atoms with van der Waals surface area (Å²) in [6.07, 6.45) is 2.70. The number of morpholine rings is 1. The third-order valence-corrected chi connectivity index (χ3v) is 2.47. The van der Waals surface area contributed by atoms with Crippen LogP contribution in [0.25, 0.3) is 0 Å². The molecule has 0 aromatic heterocycles. The Balaban J connectivity index is 2.30. The van der Waals surface area contributed by atoms with Crippen molar-refractivity contribution in [3.63, 3.8) is 0 Å². The molecule has 1 aliphatic rings. The van der Waals surface area contributed by atoms with Crippen LogP contribution in [0.5, 0.6) is 0 Å². The highest BCUT2D eigenvalue weighted by Gasteiger charge is 2.22. The first kappa shape index (κ1) is 11.5. The van der Waals surface area contributed by atoms with Gasteiger partial charge in [0.25, 0.3) is 0 Å². The fourth-order valence-corrected chi connectivity index (χ4v) is 1.54. The van der Waals surface area contributed by atoms with Gasteiger partial charge in [0, 0.05) is 13.1 Å². The van der Waals surface area contributed by atoms with E-state index in [4.69, 9.17) is 10.5 Å². The Labute approximate surface area is 85.4 Å². The molecule has 1 unspecified atom stereocenters. The Kier molecular flexibility index (Phi) is 4.90. The molecule has 81 valence electrons. The van der Waals surface area contributed by atoms with Crippen molar-refractivity contribution in [2.75, 3.05) is 26.3 Å². The second kappa shape index (κ2) is 5.98. The molecule has 1 amide bonds. The van der Waals surface area contributed by atoms with Crippen molar-refractivity contribution >= 4 is 5.91 Å². The van der Waals surface area contributed by atoms with E-state index in [1.165, 1.54) is 0 Å². The minimum Gasteiger partial charge on any atom is -0.378 e. The van der Waals surface area contributed by atoms with E-state index >= 15 is 0 Å². The van der Waals surface area contributed by atoms with Gasteiger partial charge in [-0.25, -0.2) is 5.73 Å². The van der Waals surface area contributed by atoms with Gasteiger partial charge in [0.1, 0.15) is 6.04 Å². The maximum absolute atomic E-state index is 11.7. The van der Waals surface area contributed by atoms with Gasteiger partial charge in [0.15, 0.2) is 0 Å². The van der Waals surface area contributed by atoms with E-state index in [1.807, 2.05) is 0 Å². The molecule has 4 nitrogen and oxygen atoms in total. The zero-order chi connectivity index (χ0) is 10.4. The van der Waals surface area contributed by atoms with Crippen molar-refractivity contribution in [3.05, 3.63) is 0 Å². The highest BCUT2D eigenvalue weighted by atomic mass is 16.5. The second-order valence-corrected chi connectivity index (χ2v) is 3.63. The number of ether oxygens (including phenoxy) is 1. The summed E-state index contributed by atoms with van der Waals surface area (Å²) >= 11 is 0. The van der Waals surface area contributed by atoms with Crippen LogP contribution < -0.4 is 5.73 Å². The van der Waals surface area contributed by atoms with E-state index < -0.39 is 6.04 Å². The lowest BCUT2D eigenvalue weighted by Gasteiger charge is -2.28. The molecule has 1 aliphatic heterocycles. The highest BCUT2D eigenvalue weighted by Crippen LogP contribution is 2.05. The molecule has 0 aliphatic carbocycles. The minimum atomic E-state index is -0.562. The highest BCUT2D eigenvalue weighted by molar-refractivity contribution is 5.81. The van der Waals surface area contributed by atoms with Crippen molar-refractivity contribution in [2.45, 2.75) is 32.2 Å². The van der Waals surface area contributed by atoms with Gasteiger partial charge in [0.05, 0.1) is 13.2 Å². The number of hydrogen-bond donors (Lipinski definition) is 0. The molecule has 0 spiro atoms. The maximum atomic E-state index is 11.7. The van der Waals surface area contributed by atoms with Crippen LogP contribution in [0.3, 0.4) is 0 Å². The van der Waals surface area contributed by atoms with Crippen molar-refractivity contribution in [3.8, 4) is 0 Å². The first-order chi connectivity index (χ1) is 6.75. The smallest absolute Gasteiger partial charge is 0.241 e. The van der Waals surface area contributed by atoms with E-state index in [0.717, 1.165) is 12.8 Å². The lowest BCUT2D eigenvalue weighted by atomic mass is 10.1. The molecule has 1 N–H and O–H groups in total. The first-order valence-corrected chi connectivity index (χ1v) is 5.33. The van der Waals surface area contributed by atoms with Crippen LogP contribution in [0, 0.1) is 0 Å². The third kappa shape index (κ3) is 3.27. The Morgan fingerprint density at radius 1 is 1.50 bits per heavy atom. The SMILES string of the molecule is CCCCC([NH])C(=O)N1CCOCC1. The fourth-order valence-electron chi connectivity index (χ4n) is 1.54. The molecule has 1 radical (unpaired) electrons. The van der Waals surface area contributed by atoms with Crippen LogP contribution in [0.15, 0.2) is 0 Å². The Morgan fingerprint density at radius 3 is 2.71 bits per heavy atom. The summed E-state index contributed by atoms with van der Waals surface area (Å²) in [5, 5.41) is 0. The van der Waals surface area contributed by atoms with E-state index in [0.29, 0.717) is 32.7 Å². The summed E-state index contributed by atoms with van der Waals surface area (Å²) in [7, 11) is 0. The monoisotopic (exact) mass is 199 g/mol. The van der Waals surface area contributed by atoms with E-state index in [-0.39, 0.29) is 5.91 Å². The molecule has 14 heavy (non-hydrogen) atoms. The van der Waals surface area contributed by atoms with Gasteiger partial charge in [-0.05, 0) is 6.42 Å². The standard InChI is InChI=1S/C10H19N2O2/c1-2-3-4-9(11)10(13)12-5-7-14-8-6-12/h9,11H,2-8H2,1H3. The second-order valence-electron chi connectivity index (χ2n) is 3.63. The van der Waals surface area contributed by atoms with Gasteiger partial charge in [-0.2, -0.15) is 0 Å². The van der Waals surface area contributed by atoms with Crippen molar-refractivity contribution in [1.82, 2.24) is 10.6 Å². The van der Waals surface area contributed by atoms with Crippen LogP contribution in [0.2, 0.25) is 0 Å². The zero-order valence-electron chi connectivity index (χ0n) is 8.79. The molecular weight excluding hydrogens is 180 g/mol. The number of nitrogens with one attached hydrogen (secondary N) is 1. The first-order valence-electron chi connectivity index (χ1n) is 5.33. The largest absolute Gasteiger partial charge is 0.378 e. The lowest BCUT2D eigenvalue weighted by Crippen LogP contribution is -2.46. The number of nitrogens with zero attached hydrogens (tertiary/aromatic N) is 1. The topological polar surface area (TPSA) is 53.3 Å². The number of unbranched alkanes of at least 4 members (excludes halogenated alkanes) is 1. The molecule has 0 aromatic rings. The number of amides is 1. The summed E-state index contributed by atoms with van der Waals surface area (Å²) in [5.41, 5.74) is 7.69. The van der Waals surface area contributed by atoms with Crippen molar-refractivity contribution < 1.29 is 9.53 Å². The summed E-state index contributed by atoms with van der Waals surface area (Å²) in [6.45, 7) is 4.62. The Hall–Kier alpha value is -0.610. The third-order valence-electron chi connectivity index (χ3n) is 2.47. The predicted molar refractivity (Wildman–Crippen MR) is 53.8 cm³/mol. The molecule has 0 aromatic carbocycles. The van der Waals surface area contributed by atoms with Crippen LogP contribution in [-0.2, 0) is 9.53 Å². The normalized spacial score (nSPS) is 19.4. The molecular formula is C10H19N2O2. The zero-order valence-corrected chi connectivity index (χ0v) is 8.79. The number of hydrogen-bond acceptors (Lipinski definition) is 2. The number of rotatable bonds is 4. The van der Waals surface area contributed by atoms with Gasteiger partial charge in [0.2, 0.25) is 5.91 Å². The molecule has 0 saturated carbocycles. The Morgan fingerprint density at radius 2 is 2.14 bits per heavy atom. The summed E-state index contributed by atoms with van der Waals surface area (Å²) in [4.78, 5) is 13.4. The maximum Gasteiger partial charge on any atom is 0.241 e. The van der Waals surface area contributed by atoms with Gasteiger partial charge in [-0.3, -0.25) is 4.79 Å². The average molecular weight is 199 g/mol.